The molecule has 5 nitrogen and oxygen atoms in total. The van der Waals surface area contributed by atoms with E-state index in [1.54, 1.807) is 0 Å². The number of carbonyl (C=O) groups is 3. The number of hydrogen-bond acceptors (Lipinski definition) is 5. The summed E-state index contributed by atoms with van der Waals surface area (Å²) in [5.74, 6) is 0.748. The number of fused-ring (bicyclic) bond motifs is 5. The smallest absolute Gasteiger partial charge is 0.303 e. The van der Waals surface area contributed by atoms with Crippen molar-refractivity contribution in [2.24, 2.45) is 28.6 Å². The molecule has 4 aliphatic carbocycles. The Bertz CT molecular complexity index is 754. The van der Waals surface area contributed by atoms with Crippen LogP contribution in [0.25, 0.3) is 0 Å². The van der Waals surface area contributed by atoms with Gasteiger partial charge in [0, 0.05) is 25.2 Å². The molecule has 0 spiro atoms. The average molecular weight is 389 g/mol. The second-order valence-electron chi connectivity index (χ2n) is 10.0. The van der Waals surface area contributed by atoms with Crippen molar-refractivity contribution in [1.82, 2.24) is 0 Å². The van der Waals surface area contributed by atoms with E-state index in [9.17, 15) is 19.5 Å². The first-order valence-corrected chi connectivity index (χ1v) is 10.7. The molecule has 0 amide bonds. The van der Waals surface area contributed by atoms with Gasteiger partial charge >= 0.3 is 5.97 Å². The minimum Gasteiger partial charge on any atom is -0.458 e. The summed E-state index contributed by atoms with van der Waals surface area (Å²) < 4.78 is 4.92. The summed E-state index contributed by atoms with van der Waals surface area (Å²) in [4.78, 5) is 35.9. The molecule has 4 rings (SSSR count). The predicted molar refractivity (Wildman–Crippen MR) is 103 cm³/mol. The normalized spacial score (nSPS) is 44.8. The highest BCUT2D eigenvalue weighted by atomic mass is 16.5. The maximum Gasteiger partial charge on any atom is 0.303 e. The molecule has 0 aromatic rings. The molecule has 0 aromatic carbocycles. The van der Waals surface area contributed by atoms with Gasteiger partial charge in [-0.15, -0.1) is 0 Å². The van der Waals surface area contributed by atoms with E-state index in [2.05, 4.69) is 19.9 Å². The maximum atomic E-state index is 12.8. The number of rotatable bonds is 3. The zero-order valence-electron chi connectivity index (χ0n) is 17.3. The fraction of sp³-hybridized carbons (Fsp3) is 0.783. The maximum absolute atomic E-state index is 12.8. The van der Waals surface area contributed by atoms with Crippen molar-refractivity contribution >= 4 is 17.5 Å². The van der Waals surface area contributed by atoms with Crippen LogP contribution in [0.1, 0.15) is 72.1 Å². The third-order valence-electron chi connectivity index (χ3n) is 8.96. The number of ketones is 2. The summed E-state index contributed by atoms with van der Waals surface area (Å²) in [6, 6.07) is 0. The third-order valence-corrected chi connectivity index (χ3v) is 8.96. The number of ether oxygens (including phenoxy) is 1. The van der Waals surface area contributed by atoms with Gasteiger partial charge in [-0.3, -0.25) is 14.4 Å². The molecule has 28 heavy (non-hydrogen) atoms. The van der Waals surface area contributed by atoms with Gasteiger partial charge in [0.25, 0.3) is 0 Å². The van der Waals surface area contributed by atoms with Crippen molar-refractivity contribution in [3.05, 3.63) is 11.6 Å². The highest BCUT2D eigenvalue weighted by Gasteiger charge is 2.66. The Morgan fingerprint density at radius 2 is 1.89 bits per heavy atom. The summed E-state index contributed by atoms with van der Waals surface area (Å²) in [5.41, 5.74) is -0.475. The molecular weight excluding hydrogens is 356 g/mol. The van der Waals surface area contributed by atoms with Crippen LogP contribution in [0.2, 0.25) is 0 Å². The van der Waals surface area contributed by atoms with Gasteiger partial charge in [0.1, 0.15) is 11.4 Å². The first kappa shape index (κ1) is 19.8. The van der Waals surface area contributed by atoms with E-state index >= 15 is 0 Å². The van der Waals surface area contributed by atoms with E-state index in [0.29, 0.717) is 36.9 Å². The second-order valence-corrected chi connectivity index (χ2v) is 10.0. The molecule has 0 radical (unpaired) electrons. The Morgan fingerprint density at radius 1 is 1.18 bits per heavy atom. The fourth-order valence-electron chi connectivity index (χ4n) is 7.24. The standard InChI is InChI=1S/C23H32O5/c1-14(24)28-13-20(26)23(27)11-8-19-17-5-4-15-12-16(25)6-9-21(15,2)18(17)7-10-22(19,23)3/h4,17-19,27H,5-13H2,1-3H3/t17?,18?,19?,21-,22-,23-/m0/s1. The summed E-state index contributed by atoms with van der Waals surface area (Å²) in [6.45, 7) is 5.34. The highest BCUT2D eigenvalue weighted by molar-refractivity contribution is 5.91. The van der Waals surface area contributed by atoms with Crippen LogP contribution < -0.4 is 0 Å². The summed E-state index contributed by atoms with van der Waals surface area (Å²) in [5, 5.41) is 11.4. The van der Waals surface area contributed by atoms with Crippen LogP contribution in [-0.2, 0) is 19.1 Å². The Labute approximate surface area is 166 Å². The molecule has 0 saturated heterocycles. The van der Waals surface area contributed by atoms with E-state index in [0.717, 1.165) is 32.1 Å². The van der Waals surface area contributed by atoms with E-state index < -0.39 is 17.0 Å². The van der Waals surface area contributed by atoms with Crippen LogP contribution in [0.4, 0.5) is 0 Å². The Kier molecular flexibility index (Phi) is 4.61. The number of esters is 1. The molecule has 0 heterocycles. The van der Waals surface area contributed by atoms with Gasteiger partial charge in [0.15, 0.2) is 6.61 Å². The zero-order valence-corrected chi connectivity index (χ0v) is 17.3. The van der Waals surface area contributed by atoms with Crippen molar-refractivity contribution in [1.29, 1.82) is 0 Å². The summed E-state index contributed by atoms with van der Waals surface area (Å²) >= 11 is 0. The van der Waals surface area contributed by atoms with Crippen LogP contribution >= 0.6 is 0 Å². The van der Waals surface area contributed by atoms with Crippen LogP contribution in [0.15, 0.2) is 11.6 Å². The topological polar surface area (TPSA) is 80.7 Å². The van der Waals surface area contributed by atoms with Gasteiger partial charge in [-0.05, 0) is 61.7 Å². The first-order chi connectivity index (χ1) is 13.1. The van der Waals surface area contributed by atoms with E-state index in [-0.39, 0.29) is 23.7 Å². The Morgan fingerprint density at radius 3 is 2.61 bits per heavy atom. The Hall–Kier alpha value is -1.49. The SMILES string of the molecule is CC(=O)OCC(=O)[C@@]1(O)CCC2C3CC=C4CC(=O)CC[C@]4(C)C3CC[C@@]21C. The van der Waals surface area contributed by atoms with Crippen LogP contribution in [0, 0.1) is 28.6 Å². The molecule has 3 fully saturated rings. The third kappa shape index (κ3) is 2.65. The fourth-order valence-corrected chi connectivity index (χ4v) is 7.24. The van der Waals surface area contributed by atoms with Crippen molar-refractivity contribution < 1.29 is 24.2 Å². The lowest BCUT2D eigenvalue weighted by atomic mass is 9.47. The van der Waals surface area contributed by atoms with E-state index in [4.69, 9.17) is 4.74 Å². The molecule has 1 N–H and O–H groups in total. The number of aliphatic hydroxyl groups is 1. The summed E-state index contributed by atoms with van der Waals surface area (Å²) in [7, 11) is 0. The van der Waals surface area contributed by atoms with Crippen LogP contribution in [-0.4, -0.2) is 34.9 Å². The van der Waals surface area contributed by atoms with Crippen LogP contribution in [0.3, 0.4) is 0 Å². The van der Waals surface area contributed by atoms with Crippen molar-refractivity contribution in [2.45, 2.75) is 77.7 Å². The molecular formula is C23H32O5. The molecule has 0 aliphatic heterocycles. The van der Waals surface area contributed by atoms with Crippen molar-refractivity contribution in [3.63, 3.8) is 0 Å². The number of allylic oxidation sites excluding steroid dienone is 2. The highest BCUT2D eigenvalue weighted by Crippen LogP contribution is 2.67. The molecule has 6 atom stereocenters. The largest absolute Gasteiger partial charge is 0.458 e. The predicted octanol–water partition coefficient (Wildman–Crippen LogP) is 3.38. The van der Waals surface area contributed by atoms with Gasteiger partial charge in [-0.1, -0.05) is 25.5 Å². The Balaban J connectivity index is 1.61. The van der Waals surface area contributed by atoms with Gasteiger partial charge in [0.05, 0.1) is 0 Å². The van der Waals surface area contributed by atoms with Gasteiger partial charge < -0.3 is 9.84 Å². The minimum atomic E-state index is -1.41. The quantitative estimate of drug-likeness (QED) is 0.592. The van der Waals surface area contributed by atoms with E-state index in [1.165, 1.54) is 12.5 Å². The minimum absolute atomic E-state index is 0.0839. The van der Waals surface area contributed by atoms with Crippen molar-refractivity contribution in [2.75, 3.05) is 6.61 Å². The van der Waals surface area contributed by atoms with Crippen molar-refractivity contribution in [3.8, 4) is 0 Å². The van der Waals surface area contributed by atoms with Gasteiger partial charge in [-0.2, -0.15) is 0 Å². The number of carbonyl (C=O) groups excluding carboxylic acids is 3. The lowest BCUT2D eigenvalue weighted by Crippen LogP contribution is -2.58. The lowest BCUT2D eigenvalue weighted by molar-refractivity contribution is -0.168. The second kappa shape index (κ2) is 6.51. The molecule has 4 aliphatic rings. The van der Waals surface area contributed by atoms with E-state index in [1.807, 2.05) is 0 Å². The monoisotopic (exact) mass is 388 g/mol. The molecule has 3 saturated carbocycles. The van der Waals surface area contributed by atoms with Gasteiger partial charge in [-0.25, -0.2) is 0 Å². The molecule has 5 heteroatoms. The number of Topliss-reactive ketones (excluding diaryl/α,β-unsaturated/α-hetero) is 2. The first-order valence-electron chi connectivity index (χ1n) is 10.7. The lowest BCUT2D eigenvalue weighted by Gasteiger charge is -2.58. The van der Waals surface area contributed by atoms with Gasteiger partial charge in [0.2, 0.25) is 5.78 Å². The zero-order chi connectivity index (χ0) is 20.3. The summed E-state index contributed by atoms with van der Waals surface area (Å²) in [6.07, 6.45) is 8.50. The molecule has 154 valence electrons. The number of hydrogen-bond donors (Lipinski definition) is 1. The molecule has 0 aromatic heterocycles. The van der Waals surface area contributed by atoms with Crippen LogP contribution in [0.5, 0.6) is 0 Å². The molecule has 3 unspecified atom stereocenters. The average Bonchev–Trinajstić information content (AvgIpc) is 2.92. The molecule has 0 bridgehead atoms.